The van der Waals surface area contributed by atoms with Crippen LogP contribution in [0.1, 0.15) is 38.8 Å². The van der Waals surface area contributed by atoms with Crippen molar-refractivity contribution in [3.8, 4) is 0 Å². The first-order valence-corrected chi connectivity index (χ1v) is 8.75. The Balaban J connectivity index is 0.00000151. The van der Waals surface area contributed by atoms with Crippen LogP contribution in [0, 0.1) is 0 Å². The first-order chi connectivity index (χ1) is 11.9. The lowest BCUT2D eigenvalue weighted by Gasteiger charge is -2.36. The number of hydrazine groups is 1. The lowest BCUT2D eigenvalue weighted by Crippen LogP contribution is -2.35. The molecule has 0 radical (unpaired) electrons. The van der Waals surface area contributed by atoms with E-state index in [-0.39, 0.29) is 0 Å². The molecule has 1 aliphatic heterocycles. The van der Waals surface area contributed by atoms with Crippen molar-refractivity contribution in [1.82, 2.24) is 9.91 Å². The molecular weight excluding hydrogens is 308 g/mol. The quantitative estimate of drug-likeness (QED) is 0.642. The molecule has 4 N–H and O–H groups in total. The molecule has 0 spiro atoms. The van der Waals surface area contributed by atoms with E-state index in [1.165, 1.54) is 5.56 Å². The van der Waals surface area contributed by atoms with Gasteiger partial charge in [-0.15, -0.1) is 0 Å². The van der Waals surface area contributed by atoms with Crippen LogP contribution in [-0.2, 0) is 6.54 Å². The summed E-state index contributed by atoms with van der Waals surface area (Å²) in [5.74, 6) is 6.10. The van der Waals surface area contributed by atoms with E-state index in [9.17, 15) is 0 Å². The van der Waals surface area contributed by atoms with Crippen LogP contribution in [-0.4, -0.2) is 23.0 Å². The Morgan fingerprint density at radius 2 is 1.76 bits per heavy atom. The largest absolute Gasteiger partial charge is 0.396 e. The highest BCUT2D eigenvalue weighted by Crippen LogP contribution is 2.33. The topological polar surface area (TPSA) is 58.5 Å². The second-order valence-electron chi connectivity index (χ2n) is 5.96. The second kappa shape index (κ2) is 9.14. The summed E-state index contributed by atoms with van der Waals surface area (Å²) in [6, 6.07) is 8.46. The van der Waals surface area contributed by atoms with Gasteiger partial charge in [-0.2, -0.15) is 0 Å². The molecule has 4 heteroatoms. The minimum absolute atomic E-state index is 0.301. The predicted molar refractivity (Wildman–Crippen MR) is 109 cm³/mol. The molecule has 1 heterocycles. The lowest BCUT2D eigenvalue weighted by molar-refractivity contribution is 0.280. The molecule has 0 saturated heterocycles. The molecule has 1 aliphatic rings. The molecule has 25 heavy (non-hydrogen) atoms. The van der Waals surface area contributed by atoms with Crippen LogP contribution in [0.5, 0.6) is 0 Å². The summed E-state index contributed by atoms with van der Waals surface area (Å²) in [4.78, 5) is 2.29. The SMILES string of the molecule is C=CC1=C(\C=C)N(C(C)C)Cc2ccccc2/C(N)=C\1N(C)N.CC. The van der Waals surface area contributed by atoms with Gasteiger partial charge in [0.05, 0.1) is 11.4 Å². The number of nitrogens with zero attached hydrogens (tertiary/aromatic N) is 2. The van der Waals surface area contributed by atoms with Gasteiger partial charge in [-0.3, -0.25) is 0 Å². The monoisotopic (exact) mass is 340 g/mol. The van der Waals surface area contributed by atoms with E-state index >= 15 is 0 Å². The average molecular weight is 341 g/mol. The normalized spacial score (nSPS) is 20.0. The zero-order valence-electron chi connectivity index (χ0n) is 16.2. The molecule has 1 aromatic carbocycles. The van der Waals surface area contributed by atoms with Gasteiger partial charge in [-0.05, 0) is 25.5 Å². The van der Waals surface area contributed by atoms with Crippen LogP contribution in [0.25, 0.3) is 5.70 Å². The molecule has 0 saturated carbocycles. The van der Waals surface area contributed by atoms with Crippen molar-refractivity contribution in [3.63, 3.8) is 0 Å². The van der Waals surface area contributed by atoms with Crippen molar-refractivity contribution >= 4 is 5.70 Å². The van der Waals surface area contributed by atoms with Crippen molar-refractivity contribution in [3.05, 3.63) is 77.7 Å². The van der Waals surface area contributed by atoms with Crippen molar-refractivity contribution in [2.75, 3.05) is 7.05 Å². The minimum atomic E-state index is 0.301. The summed E-state index contributed by atoms with van der Waals surface area (Å²) in [7, 11) is 1.79. The number of nitrogens with two attached hydrogens (primary N) is 2. The maximum absolute atomic E-state index is 6.49. The van der Waals surface area contributed by atoms with Gasteiger partial charge in [-0.1, -0.05) is 57.3 Å². The Labute approximate surface area is 152 Å². The smallest absolute Gasteiger partial charge is 0.0843 e. The highest BCUT2D eigenvalue weighted by molar-refractivity contribution is 5.74. The third-order valence-electron chi connectivity index (χ3n) is 4.12. The summed E-state index contributed by atoms with van der Waals surface area (Å²) in [5, 5.41) is 1.55. The van der Waals surface area contributed by atoms with Gasteiger partial charge < -0.3 is 15.6 Å². The van der Waals surface area contributed by atoms with Gasteiger partial charge in [0.2, 0.25) is 0 Å². The number of hydrogen-bond acceptors (Lipinski definition) is 4. The van der Waals surface area contributed by atoms with Gasteiger partial charge in [0.15, 0.2) is 0 Å². The molecule has 4 nitrogen and oxygen atoms in total. The molecule has 0 amide bonds. The number of fused-ring (bicyclic) bond motifs is 1. The van der Waals surface area contributed by atoms with Gasteiger partial charge in [0, 0.05) is 36.5 Å². The van der Waals surface area contributed by atoms with Crippen LogP contribution < -0.4 is 11.6 Å². The molecule has 0 aliphatic carbocycles. The average Bonchev–Trinajstić information content (AvgIpc) is 2.60. The van der Waals surface area contributed by atoms with Crippen molar-refractivity contribution in [2.24, 2.45) is 11.6 Å². The number of benzene rings is 1. The molecule has 0 bridgehead atoms. The van der Waals surface area contributed by atoms with E-state index in [2.05, 4.69) is 38.0 Å². The third kappa shape index (κ3) is 4.15. The van der Waals surface area contributed by atoms with Crippen LogP contribution in [0.4, 0.5) is 0 Å². The first-order valence-electron chi connectivity index (χ1n) is 8.75. The molecule has 0 unspecified atom stereocenters. The van der Waals surface area contributed by atoms with E-state index in [1.54, 1.807) is 18.1 Å². The summed E-state index contributed by atoms with van der Waals surface area (Å²) >= 11 is 0. The van der Waals surface area contributed by atoms with E-state index in [1.807, 2.05) is 38.1 Å². The molecule has 136 valence electrons. The van der Waals surface area contributed by atoms with Crippen LogP contribution in [0.2, 0.25) is 0 Å². The molecule has 0 atom stereocenters. The van der Waals surface area contributed by atoms with E-state index in [0.29, 0.717) is 11.7 Å². The highest BCUT2D eigenvalue weighted by Gasteiger charge is 2.24. The Morgan fingerprint density at radius 3 is 2.24 bits per heavy atom. The lowest BCUT2D eigenvalue weighted by atomic mass is 9.95. The fraction of sp³-hybridized carbons (Fsp3) is 0.333. The van der Waals surface area contributed by atoms with Crippen LogP contribution in [0.3, 0.4) is 0 Å². The first kappa shape index (κ1) is 20.6. The zero-order valence-corrected chi connectivity index (χ0v) is 16.2. The van der Waals surface area contributed by atoms with Crippen molar-refractivity contribution in [1.29, 1.82) is 0 Å². The maximum Gasteiger partial charge on any atom is 0.0843 e. The second-order valence-corrected chi connectivity index (χ2v) is 5.96. The summed E-state index contributed by atoms with van der Waals surface area (Å²) in [6.07, 6.45) is 3.65. The van der Waals surface area contributed by atoms with Gasteiger partial charge >= 0.3 is 0 Å². The minimum Gasteiger partial charge on any atom is -0.396 e. The standard InChI is InChI=1S/C19H26N4.C2H6/c1-6-15-17(7-2)23(13(3)4)12-14-10-8-9-11-16(14)18(20)19(15)22(5)21;1-2/h6-11,13H,1-2,12,20-21H2,3-5H3;1-2H3/b17-15-,19-18-;. The van der Waals surface area contributed by atoms with E-state index < -0.39 is 0 Å². The fourth-order valence-electron chi connectivity index (χ4n) is 3.01. The molecule has 0 aromatic heterocycles. The Hall–Kier alpha value is -2.46. The fourth-order valence-corrected chi connectivity index (χ4v) is 3.01. The van der Waals surface area contributed by atoms with Crippen LogP contribution >= 0.6 is 0 Å². The number of allylic oxidation sites excluding steroid dienone is 2. The van der Waals surface area contributed by atoms with Crippen LogP contribution in [0.15, 0.2) is 66.5 Å². The van der Waals surface area contributed by atoms with Crippen molar-refractivity contribution < 1.29 is 0 Å². The Morgan fingerprint density at radius 1 is 1.16 bits per heavy atom. The van der Waals surface area contributed by atoms with E-state index in [0.717, 1.165) is 29.1 Å². The summed E-state index contributed by atoms with van der Waals surface area (Å²) in [6.45, 7) is 17.0. The number of rotatable bonds is 4. The van der Waals surface area contributed by atoms with Crippen molar-refractivity contribution in [2.45, 2.75) is 40.3 Å². The Bertz CT molecular complexity index is 681. The molecular formula is C21H32N4. The third-order valence-corrected chi connectivity index (χ3v) is 4.12. The summed E-state index contributed by atoms with van der Waals surface area (Å²) in [5.41, 5.74) is 12.0. The maximum atomic E-state index is 6.49. The van der Waals surface area contributed by atoms with Gasteiger partial charge in [0.25, 0.3) is 0 Å². The summed E-state index contributed by atoms with van der Waals surface area (Å²) < 4.78 is 0. The van der Waals surface area contributed by atoms with E-state index in [4.69, 9.17) is 11.6 Å². The molecule has 1 aromatic rings. The molecule has 2 rings (SSSR count). The molecule has 0 fully saturated rings. The Kier molecular flexibility index (Phi) is 7.52. The van der Waals surface area contributed by atoms with Gasteiger partial charge in [0.1, 0.15) is 0 Å². The van der Waals surface area contributed by atoms with Gasteiger partial charge in [-0.25, -0.2) is 5.84 Å². The predicted octanol–water partition coefficient (Wildman–Crippen LogP) is 4.00. The number of likely N-dealkylation sites (N-methyl/N-ethyl adjacent to an activating group) is 1. The number of hydrogen-bond donors (Lipinski definition) is 2. The zero-order chi connectivity index (χ0) is 19.1. The highest BCUT2D eigenvalue weighted by atomic mass is 15.4.